The average Bonchev–Trinajstić information content (AvgIpc) is 2.86. The molecule has 0 bridgehead atoms. The average molecular weight is 495 g/mol. The van der Waals surface area contributed by atoms with E-state index in [2.05, 4.69) is 0 Å². The molecule has 0 unspecified atom stereocenters. The van der Waals surface area contributed by atoms with Gasteiger partial charge in [0.1, 0.15) is 0 Å². The van der Waals surface area contributed by atoms with Gasteiger partial charge in [-0.3, -0.25) is 9.59 Å². The smallest absolute Gasteiger partial charge is 0.339 e. The standard InChI is InChI=1S/C24H25F3N2O4S/c1-29(15-7-3-2-4-8-15)21(31)14-34-19-10-6-5-9-16(19)24(32)33-13-20(30)28-18-12-11-17(25)22(26)23(18)27/h5-6,9-12,15H,2-4,7-8,13-14H2,1H3,(H,28,30). The number of halogens is 3. The molecular weight excluding hydrogens is 469 g/mol. The van der Waals surface area contributed by atoms with Gasteiger partial charge in [0.2, 0.25) is 5.91 Å². The molecule has 0 saturated heterocycles. The second kappa shape index (κ2) is 11.9. The predicted molar refractivity (Wildman–Crippen MR) is 122 cm³/mol. The summed E-state index contributed by atoms with van der Waals surface area (Å²) in [6, 6.07) is 8.28. The molecule has 1 aliphatic carbocycles. The lowest BCUT2D eigenvalue weighted by Gasteiger charge is -2.31. The van der Waals surface area contributed by atoms with E-state index < -0.39 is 41.6 Å². The Morgan fingerprint density at radius 1 is 1.03 bits per heavy atom. The summed E-state index contributed by atoms with van der Waals surface area (Å²) in [4.78, 5) is 39.4. The van der Waals surface area contributed by atoms with Crippen LogP contribution in [0.4, 0.5) is 18.9 Å². The van der Waals surface area contributed by atoms with Crippen LogP contribution < -0.4 is 5.32 Å². The number of hydrogen-bond acceptors (Lipinski definition) is 5. The first kappa shape index (κ1) is 25.6. The first-order chi connectivity index (χ1) is 16.3. The molecule has 0 heterocycles. The molecule has 34 heavy (non-hydrogen) atoms. The SMILES string of the molecule is CN(C(=O)CSc1ccccc1C(=O)OCC(=O)Nc1ccc(F)c(F)c1F)C1CCCCC1. The van der Waals surface area contributed by atoms with E-state index in [1.807, 2.05) is 5.32 Å². The number of ether oxygens (including phenoxy) is 1. The molecule has 0 aliphatic heterocycles. The molecule has 1 aliphatic rings. The van der Waals surface area contributed by atoms with Crippen molar-refractivity contribution in [2.45, 2.75) is 43.0 Å². The van der Waals surface area contributed by atoms with Gasteiger partial charge in [-0.2, -0.15) is 0 Å². The summed E-state index contributed by atoms with van der Waals surface area (Å²) in [6.07, 6.45) is 5.40. The molecule has 10 heteroatoms. The zero-order valence-corrected chi connectivity index (χ0v) is 19.4. The number of benzene rings is 2. The number of rotatable bonds is 8. The van der Waals surface area contributed by atoms with E-state index in [1.54, 1.807) is 30.1 Å². The number of esters is 1. The third-order valence-electron chi connectivity index (χ3n) is 5.62. The van der Waals surface area contributed by atoms with Gasteiger partial charge in [-0.15, -0.1) is 11.8 Å². The van der Waals surface area contributed by atoms with E-state index in [0.717, 1.165) is 31.7 Å². The van der Waals surface area contributed by atoms with Crippen LogP contribution in [0.2, 0.25) is 0 Å². The van der Waals surface area contributed by atoms with Crippen molar-refractivity contribution in [1.29, 1.82) is 0 Å². The molecule has 2 aromatic rings. The van der Waals surface area contributed by atoms with Crippen LogP contribution in [0.1, 0.15) is 42.5 Å². The maximum atomic E-state index is 13.7. The zero-order valence-electron chi connectivity index (χ0n) is 18.6. The van der Waals surface area contributed by atoms with Gasteiger partial charge in [-0.1, -0.05) is 31.4 Å². The molecule has 2 amide bonds. The minimum Gasteiger partial charge on any atom is -0.452 e. The molecule has 182 valence electrons. The number of carbonyl (C=O) groups excluding carboxylic acids is 3. The lowest BCUT2D eigenvalue weighted by Crippen LogP contribution is -2.39. The maximum absolute atomic E-state index is 13.7. The Morgan fingerprint density at radius 3 is 2.47 bits per heavy atom. The van der Waals surface area contributed by atoms with Crippen LogP contribution in [-0.2, 0) is 14.3 Å². The van der Waals surface area contributed by atoms with Crippen LogP contribution in [0, 0.1) is 17.5 Å². The Morgan fingerprint density at radius 2 is 1.74 bits per heavy atom. The quantitative estimate of drug-likeness (QED) is 0.325. The van der Waals surface area contributed by atoms with Crippen molar-refractivity contribution in [2.24, 2.45) is 0 Å². The van der Waals surface area contributed by atoms with Gasteiger partial charge in [0.25, 0.3) is 5.91 Å². The molecule has 0 atom stereocenters. The minimum absolute atomic E-state index is 0.0343. The number of amides is 2. The van der Waals surface area contributed by atoms with E-state index in [4.69, 9.17) is 4.74 Å². The highest BCUT2D eigenvalue weighted by molar-refractivity contribution is 8.00. The fourth-order valence-electron chi connectivity index (χ4n) is 3.69. The second-order valence-corrected chi connectivity index (χ2v) is 8.95. The Labute approximate surface area is 199 Å². The van der Waals surface area contributed by atoms with Gasteiger partial charge < -0.3 is 15.0 Å². The van der Waals surface area contributed by atoms with Crippen LogP contribution in [-0.4, -0.2) is 48.1 Å². The molecule has 2 aromatic carbocycles. The van der Waals surface area contributed by atoms with Gasteiger partial charge >= 0.3 is 5.97 Å². The van der Waals surface area contributed by atoms with Gasteiger partial charge in [-0.25, -0.2) is 18.0 Å². The molecule has 1 fully saturated rings. The van der Waals surface area contributed by atoms with Crippen LogP contribution >= 0.6 is 11.8 Å². The number of thioether (sulfide) groups is 1. The highest BCUT2D eigenvalue weighted by atomic mass is 32.2. The summed E-state index contributed by atoms with van der Waals surface area (Å²) in [6.45, 7) is -0.764. The van der Waals surface area contributed by atoms with Crippen molar-refractivity contribution in [1.82, 2.24) is 4.90 Å². The van der Waals surface area contributed by atoms with E-state index in [1.165, 1.54) is 24.2 Å². The molecule has 0 aromatic heterocycles. The number of nitrogens with one attached hydrogen (secondary N) is 1. The van der Waals surface area contributed by atoms with Crippen molar-refractivity contribution in [3.05, 3.63) is 59.4 Å². The number of nitrogens with zero attached hydrogens (tertiary/aromatic N) is 1. The summed E-state index contributed by atoms with van der Waals surface area (Å²) in [5.74, 6) is -6.28. The van der Waals surface area contributed by atoms with E-state index in [0.29, 0.717) is 11.0 Å². The Hall–Kier alpha value is -3.01. The van der Waals surface area contributed by atoms with E-state index in [-0.39, 0.29) is 23.3 Å². The number of anilines is 1. The topological polar surface area (TPSA) is 75.7 Å². The molecular formula is C24H25F3N2O4S. The zero-order chi connectivity index (χ0) is 24.7. The highest BCUT2D eigenvalue weighted by Gasteiger charge is 2.23. The summed E-state index contributed by atoms with van der Waals surface area (Å²) < 4.78 is 45.0. The van der Waals surface area contributed by atoms with Gasteiger partial charge in [0.15, 0.2) is 24.1 Å². The van der Waals surface area contributed by atoms with Crippen molar-refractivity contribution in [3.63, 3.8) is 0 Å². The fourth-order valence-corrected chi connectivity index (χ4v) is 4.66. The van der Waals surface area contributed by atoms with Gasteiger partial charge in [0, 0.05) is 18.0 Å². The lowest BCUT2D eigenvalue weighted by atomic mass is 9.94. The summed E-state index contributed by atoms with van der Waals surface area (Å²) in [5.41, 5.74) is -0.399. The van der Waals surface area contributed by atoms with Crippen molar-refractivity contribution in [2.75, 3.05) is 24.7 Å². The van der Waals surface area contributed by atoms with Crippen LogP contribution in [0.25, 0.3) is 0 Å². The van der Waals surface area contributed by atoms with Crippen molar-refractivity contribution in [3.8, 4) is 0 Å². The summed E-state index contributed by atoms with van der Waals surface area (Å²) >= 11 is 1.20. The summed E-state index contributed by atoms with van der Waals surface area (Å²) in [5, 5.41) is 2.03. The first-order valence-corrected chi connectivity index (χ1v) is 11.8. The van der Waals surface area contributed by atoms with E-state index >= 15 is 0 Å². The number of carbonyl (C=O) groups is 3. The third kappa shape index (κ3) is 6.53. The first-order valence-electron chi connectivity index (χ1n) is 10.9. The molecule has 0 radical (unpaired) electrons. The third-order valence-corrected chi connectivity index (χ3v) is 6.68. The highest BCUT2D eigenvalue weighted by Crippen LogP contribution is 2.26. The van der Waals surface area contributed by atoms with Crippen LogP contribution in [0.15, 0.2) is 41.3 Å². The largest absolute Gasteiger partial charge is 0.452 e. The maximum Gasteiger partial charge on any atom is 0.339 e. The van der Waals surface area contributed by atoms with E-state index in [9.17, 15) is 27.6 Å². The predicted octanol–water partition coefficient (Wildman–Crippen LogP) is 4.78. The fraction of sp³-hybridized carbons (Fsp3) is 0.375. The van der Waals surface area contributed by atoms with Gasteiger partial charge in [-0.05, 0) is 37.1 Å². The Kier molecular flexibility index (Phi) is 8.98. The minimum atomic E-state index is -1.72. The summed E-state index contributed by atoms with van der Waals surface area (Å²) in [7, 11) is 1.80. The van der Waals surface area contributed by atoms with Gasteiger partial charge in [0.05, 0.1) is 17.0 Å². The molecule has 1 N–H and O–H groups in total. The normalized spacial score (nSPS) is 13.9. The molecule has 1 saturated carbocycles. The molecule has 0 spiro atoms. The molecule has 3 rings (SSSR count). The Balaban J connectivity index is 1.55. The van der Waals surface area contributed by atoms with Crippen LogP contribution in [0.5, 0.6) is 0 Å². The second-order valence-electron chi connectivity index (χ2n) is 7.93. The van der Waals surface area contributed by atoms with Crippen molar-refractivity contribution < 1.29 is 32.3 Å². The van der Waals surface area contributed by atoms with Crippen LogP contribution in [0.3, 0.4) is 0 Å². The number of hydrogen-bond donors (Lipinski definition) is 1. The monoisotopic (exact) mass is 494 g/mol. The lowest BCUT2D eigenvalue weighted by molar-refractivity contribution is -0.129. The molecule has 6 nitrogen and oxygen atoms in total. The Bertz CT molecular complexity index is 1060. The van der Waals surface area contributed by atoms with Crippen molar-refractivity contribution >= 4 is 35.2 Å².